The number of nitrogens with one attached hydrogen (secondary N) is 1. The Morgan fingerprint density at radius 2 is 1.44 bits per heavy atom. The van der Waals surface area contributed by atoms with E-state index < -0.39 is 29.2 Å². The lowest BCUT2D eigenvalue weighted by Crippen LogP contribution is -2.06. The summed E-state index contributed by atoms with van der Waals surface area (Å²) in [5.74, 6) is -0.495. The van der Waals surface area contributed by atoms with Crippen LogP contribution in [0.15, 0.2) is 36.4 Å². The summed E-state index contributed by atoms with van der Waals surface area (Å²) in [5, 5.41) is 9.91. The van der Waals surface area contributed by atoms with Crippen LogP contribution in [-0.2, 0) is 12.4 Å². The van der Waals surface area contributed by atoms with E-state index in [1.54, 1.807) is 0 Å². The lowest BCUT2D eigenvalue weighted by Gasteiger charge is -2.12. The molecule has 0 atom stereocenters. The van der Waals surface area contributed by atoms with Crippen molar-refractivity contribution in [2.45, 2.75) is 12.4 Å². The predicted molar refractivity (Wildman–Crippen MR) is 80.1 cm³/mol. The fraction of sp³-hybridized carbons (Fsp3) is 0.133. The summed E-state index contributed by atoms with van der Waals surface area (Å²) in [6.07, 6.45) is -9.23. The Morgan fingerprint density at radius 3 is 2.04 bits per heavy atom. The number of hydrogen-bond donors (Lipinski definition) is 2. The van der Waals surface area contributed by atoms with Crippen LogP contribution in [-0.4, -0.2) is 14.7 Å². The number of aromatic amines is 1. The third kappa shape index (κ3) is 3.09. The van der Waals surface area contributed by atoms with E-state index in [9.17, 15) is 31.4 Å². The second-order valence-corrected chi connectivity index (χ2v) is 5.58. The van der Waals surface area contributed by atoms with Crippen molar-refractivity contribution in [1.82, 2.24) is 9.55 Å². The first-order valence-electron chi connectivity index (χ1n) is 6.71. The molecule has 10 heteroatoms. The molecule has 0 amide bonds. The van der Waals surface area contributed by atoms with Gasteiger partial charge in [0.25, 0.3) is 0 Å². The zero-order valence-corrected chi connectivity index (χ0v) is 12.9. The molecule has 0 saturated carbocycles. The lowest BCUT2D eigenvalue weighted by molar-refractivity contribution is -0.138. The molecule has 0 fully saturated rings. The summed E-state index contributed by atoms with van der Waals surface area (Å²) in [4.78, 5) is 2.51. The van der Waals surface area contributed by atoms with Crippen LogP contribution >= 0.6 is 12.2 Å². The molecule has 25 heavy (non-hydrogen) atoms. The Bertz CT molecular complexity index is 1020. The van der Waals surface area contributed by atoms with Gasteiger partial charge in [0.2, 0.25) is 0 Å². The van der Waals surface area contributed by atoms with Crippen molar-refractivity contribution < 1.29 is 31.4 Å². The molecule has 3 rings (SSSR count). The number of benzene rings is 2. The number of alkyl halides is 6. The molecule has 0 saturated heterocycles. The number of H-pyrrole nitrogens is 1. The first-order chi connectivity index (χ1) is 11.5. The Kier molecular flexibility index (Phi) is 3.82. The van der Waals surface area contributed by atoms with Crippen molar-refractivity contribution in [3.05, 3.63) is 52.3 Å². The Hall–Kier alpha value is -2.49. The Labute approximate surface area is 141 Å². The summed E-state index contributed by atoms with van der Waals surface area (Å²) < 4.78 is 77.9. The molecule has 3 aromatic rings. The minimum atomic E-state index is -4.65. The van der Waals surface area contributed by atoms with E-state index >= 15 is 0 Å². The molecule has 0 aliphatic carbocycles. The van der Waals surface area contributed by atoms with Crippen LogP contribution in [0.5, 0.6) is 5.75 Å². The number of nitrogens with zero attached hydrogens (tertiary/aromatic N) is 1. The zero-order valence-electron chi connectivity index (χ0n) is 12.0. The zero-order chi connectivity index (χ0) is 18.6. The van der Waals surface area contributed by atoms with Gasteiger partial charge in [0, 0.05) is 0 Å². The van der Waals surface area contributed by atoms with E-state index in [1.165, 1.54) is 0 Å². The average molecular weight is 378 g/mol. The van der Waals surface area contributed by atoms with E-state index in [1.807, 2.05) is 0 Å². The highest BCUT2D eigenvalue weighted by Crippen LogP contribution is 2.36. The van der Waals surface area contributed by atoms with E-state index in [0.717, 1.165) is 28.8 Å². The second kappa shape index (κ2) is 5.51. The van der Waals surface area contributed by atoms with E-state index in [4.69, 9.17) is 12.2 Å². The van der Waals surface area contributed by atoms with Crippen LogP contribution in [0.1, 0.15) is 11.1 Å². The summed E-state index contributed by atoms with van der Waals surface area (Å²) in [6, 6.07) is 4.88. The highest BCUT2D eigenvalue weighted by molar-refractivity contribution is 7.71. The first-order valence-corrected chi connectivity index (χ1v) is 7.12. The monoisotopic (exact) mass is 378 g/mol. The van der Waals surface area contributed by atoms with Crippen LogP contribution in [0.3, 0.4) is 0 Å². The van der Waals surface area contributed by atoms with Crippen molar-refractivity contribution >= 4 is 23.3 Å². The summed E-state index contributed by atoms with van der Waals surface area (Å²) >= 11 is 5.00. The number of halogens is 6. The molecule has 0 aliphatic heterocycles. The SMILES string of the molecule is Oc1ccc(C(F)(F)F)cc1-n1c(=S)[nH]c2cc(C(F)(F)F)ccc21. The number of imidazole rings is 1. The maximum absolute atomic E-state index is 12.9. The molecule has 0 unspecified atom stereocenters. The van der Waals surface area contributed by atoms with Crippen molar-refractivity contribution in [3.8, 4) is 11.4 Å². The maximum Gasteiger partial charge on any atom is 0.416 e. The Balaban J connectivity index is 2.27. The van der Waals surface area contributed by atoms with Gasteiger partial charge in [-0.25, -0.2) is 0 Å². The van der Waals surface area contributed by atoms with Crippen molar-refractivity contribution in [2.24, 2.45) is 0 Å². The molecule has 2 N–H and O–H groups in total. The van der Waals surface area contributed by atoms with Crippen LogP contribution in [0, 0.1) is 4.77 Å². The number of phenols is 1. The molecule has 1 heterocycles. The normalized spacial score (nSPS) is 12.7. The van der Waals surface area contributed by atoms with Gasteiger partial charge < -0.3 is 10.1 Å². The first kappa shape index (κ1) is 17.3. The minimum absolute atomic E-state index is 0.0170. The molecular formula is C15H8F6N2OS. The molecule has 0 spiro atoms. The van der Waals surface area contributed by atoms with E-state index in [-0.39, 0.29) is 21.5 Å². The van der Waals surface area contributed by atoms with Crippen LogP contribution in [0.25, 0.3) is 16.7 Å². The standard InChI is InChI=1S/C15H8F6N2OS/c16-14(17,18)7-1-3-10-9(5-7)22-13(25)23(10)11-6-8(15(19,20)21)2-4-12(11)24/h1-6,24H,(H,22,25). The largest absolute Gasteiger partial charge is 0.506 e. The highest BCUT2D eigenvalue weighted by atomic mass is 32.1. The van der Waals surface area contributed by atoms with Crippen molar-refractivity contribution in [3.63, 3.8) is 0 Å². The fourth-order valence-electron chi connectivity index (χ4n) is 2.41. The third-order valence-corrected chi connectivity index (χ3v) is 3.84. The van der Waals surface area contributed by atoms with Crippen LogP contribution in [0.4, 0.5) is 26.3 Å². The van der Waals surface area contributed by atoms with Gasteiger partial charge in [-0.2, -0.15) is 26.3 Å². The van der Waals surface area contributed by atoms with Crippen molar-refractivity contribution in [1.29, 1.82) is 0 Å². The summed E-state index contributed by atoms with van der Waals surface area (Å²) in [6.45, 7) is 0. The van der Waals surface area contributed by atoms with Gasteiger partial charge in [-0.3, -0.25) is 4.57 Å². The topological polar surface area (TPSA) is 41.0 Å². The van der Waals surface area contributed by atoms with Gasteiger partial charge in [-0.05, 0) is 48.6 Å². The van der Waals surface area contributed by atoms with Crippen LogP contribution < -0.4 is 0 Å². The highest BCUT2D eigenvalue weighted by Gasteiger charge is 2.32. The summed E-state index contributed by atoms with van der Waals surface area (Å²) in [5.41, 5.74) is -2.16. The van der Waals surface area contributed by atoms with Gasteiger partial charge >= 0.3 is 12.4 Å². The van der Waals surface area contributed by atoms with Gasteiger partial charge in [0.15, 0.2) is 4.77 Å². The second-order valence-electron chi connectivity index (χ2n) is 5.20. The third-order valence-electron chi connectivity index (χ3n) is 3.55. The van der Waals surface area contributed by atoms with Crippen LogP contribution in [0.2, 0.25) is 0 Å². The molecule has 3 nitrogen and oxygen atoms in total. The lowest BCUT2D eigenvalue weighted by atomic mass is 10.1. The number of phenolic OH excluding ortho intramolecular Hbond substituents is 1. The Morgan fingerprint density at radius 1 is 0.880 bits per heavy atom. The van der Waals surface area contributed by atoms with Crippen molar-refractivity contribution in [2.75, 3.05) is 0 Å². The van der Waals surface area contributed by atoms with Gasteiger partial charge in [-0.15, -0.1) is 0 Å². The number of rotatable bonds is 1. The molecular weight excluding hydrogens is 370 g/mol. The van der Waals surface area contributed by atoms with E-state index in [2.05, 4.69) is 4.98 Å². The maximum atomic E-state index is 12.9. The molecule has 1 aromatic heterocycles. The number of aromatic hydroxyl groups is 1. The summed E-state index contributed by atoms with van der Waals surface area (Å²) in [7, 11) is 0. The molecule has 2 aromatic carbocycles. The van der Waals surface area contributed by atoms with Gasteiger partial charge in [0.05, 0.1) is 27.8 Å². The molecule has 0 aliphatic rings. The fourth-order valence-corrected chi connectivity index (χ4v) is 2.71. The molecule has 0 bridgehead atoms. The minimum Gasteiger partial charge on any atom is -0.506 e. The number of aromatic nitrogens is 2. The quantitative estimate of drug-likeness (QED) is 0.438. The number of hydrogen-bond acceptors (Lipinski definition) is 2. The smallest absolute Gasteiger partial charge is 0.416 e. The van der Waals surface area contributed by atoms with Gasteiger partial charge in [0.1, 0.15) is 5.75 Å². The van der Waals surface area contributed by atoms with Gasteiger partial charge in [-0.1, -0.05) is 0 Å². The number of fused-ring (bicyclic) bond motifs is 1. The predicted octanol–water partition coefficient (Wildman–Crippen LogP) is 5.43. The molecule has 0 radical (unpaired) electrons. The molecule has 132 valence electrons. The van der Waals surface area contributed by atoms with E-state index in [0.29, 0.717) is 12.1 Å². The average Bonchev–Trinajstić information content (AvgIpc) is 2.80.